The number of hydrogen-bond acceptors (Lipinski definition) is 4. The molecule has 3 aromatic rings. The number of carbonyl (C=O) groups is 1. The van der Waals surface area contributed by atoms with Crippen LogP contribution in [-0.2, 0) is 7.05 Å². The maximum atomic E-state index is 11.2. The van der Waals surface area contributed by atoms with Crippen molar-refractivity contribution in [3.63, 3.8) is 0 Å². The van der Waals surface area contributed by atoms with Crippen molar-refractivity contribution in [3.05, 3.63) is 42.1 Å². The Morgan fingerprint density at radius 2 is 2.14 bits per heavy atom. The van der Waals surface area contributed by atoms with Crippen LogP contribution in [0.5, 0.6) is 0 Å². The fourth-order valence-electron chi connectivity index (χ4n) is 2.70. The maximum Gasteiger partial charge on any atom is 0.356 e. The number of fused-ring (bicyclic) bond motifs is 1. The molecule has 1 saturated carbocycles. The van der Waals surface area contributed by atoms with Gasteiger partial charge in [0, 0.05) is 18.5 Å². The number of carboxylic acid groups (broad SMARTS) is 1. The molecule has 1 fully saturated rings. The monoisotopic (exact) mass is 294 g/mol. The molecule has 6 heteroatoms. The van der Waals surface area contributed by atoms with Crippen molar-refractivity contribution in [2.24, 2.45) is 7.05 Å². The van der Waals surface area contributed by atoms with Crippen molar-refractivity contribution < 1.29 is 9.90 Å². The van der Waals surface area contributed by atoms with Gasteiger partial charge in [0.15, 0.2) is 5.69 Å². The highest BCUT2D eigenvalue weighted by Crippen LogP contribution is 2.43. The van der Waals surface area contributed by atoms with Gasteiger partial charge >= 0.3 is 5.97 Å². The van der Waals surface area contributed by atoms with Crippen LogP contribution in [0.4, 0.5) is 0 Å². The van der Waals surface area contributed by atoms with Crippen molar-refractivity contribution in [1.29, 1.82) is 0 Å². The summed E-state index contributed by atoms with van der Waals surface area (Å²) in [5, 5.41) is 9.20. The lowest BCUT2D eigenvalue weighted by molar-refractivity contribution is 0.0690. The van der Waals surface area contributed by atoms with E-state index >= 15 is 0 Å². The van der Waals surface area contributed by atoms with E-state index in [0.717, 1.165) is 35.1 Å². The van der Waals surface area contributed by atoms with Gasteiger partial charge in [0.05, 0.1) is 34.9 Å². The van der Waals surface area contributed by atoms with E-state index in [-0.39, 0.29) is 5.69 Å². The van der Waals surface area contributed by atoms with Crippen LogP contribution < -0.4 is 0 Å². The van der Waals surface area contributed by atoms with Gasteiger partial charge in [-0.3, -0.25) is 4.98 Å². The number of benzene rings is 1. The first-order valence-electron chi connectivity index (χ1n) is 7.16. The lowest BCUT2D eigenvalue weighted by atomic mass is 10.1. The maximum absolute atomic E-state index is 11.2. The fourth-order valence-corrected chi connectivity index (χ4v) is 2.70. The van der Waals surface area contributed by atoms with E-state index in [9.17, 15) is 9.90 Å². The molecular weight excluding hydrogens is 280 g/mol. The van der Waals surface area contributed by atoms with Gasteiger partial charge in [-0.15, -0.1) is 0 Å². The van der Waals surface area contributed by atoms with Crippen LogP contribution in [0.1, 0.15) is 34.9 Å². The molecule has 0 saturated heterocycles. The van der Waals surface area contributed by atoms with Crippen molar-refractivity contribution in [2.45, 2.75) is 18.8 Å². The predicted octanol–water partition coefficient (Wildman–Crippen LogP) is 2.61. The lowest BCUT2D eigenvalue weighted by Gasteiger charge is -2.09. The van der Waals surface area contributed by atoms with E-state index < -0.39 is 5.97 Å². The van der Waals surface area contributed by atoms with Crippen LogP contribution in [0.25, 0.3) is 22.3 Å². The average Bonchev–Trinajstić information content (AvgIpc) is 3.30. The Labute approximate surface area is 126 Å². The van der Waals surface area contributed by atoms with Gasteiger partial charge in [0.2, 0.25) is 0 Å². The first-order valence-corrected chi connectivity index (χ1v) is 7.16. The van der Waals surface area contributed by atoms with Crippen LogP contribution in [0.2, 0.25) is 0 Å². The van der Waals surface area contributed by atoms with Crippen LogP contribution in [0.15, 0.2) is 30.7 Å². The normalized spacial score (nSPS) is 14.4. The molecule has 0 spiro atoms. The zero-order chi connectivity index (χ0) is 15.3. The fraction of sp³-hybridized carbons (Fsp3) is 0.250. The van der Waals surface area contributed by atoms with Crippen LogP contribution in [0.3, 0.4) is 0 Å². The summed E-state index contributed by atoms with van der Waals surface area (Å²) in [5.41, 5.74) is 4.14. The summed E-state index contributed by atoms with van der Waals surface area (Å²) < 4.78 is 1.93. The van der Waals surface area contributed by atoms with Gasteiger partial charge in [-0.05, 0) is 18.9 Å². The SMILES string of the molecule is Cn1cnc2c(-c3nc(C(=O)O)cnc3C3CC3)cccc21. The minimum absolute atomic E-state index is 0.0349. The zero-order valence-electron chi connectivity index (χ0n) is 12.0. The number of rotatable bonds is 3. The van der Waals surface area contributed by atoms with Gasteiger partial charge in [-0.1, -0.05) is 12.1 Å². The Hall–Kier alpha value is -2.76. The Morgan fingerprint density at radius 3 is 2.86 bits per heavy atom. The molecule has 6 nitrogen and oxygen atoms in total. The number of aryl methyl sites for hydroxylation is 1. The molecule has 0 aliphatic heterocycles. The molecule has 4 rings (SSSR count). The summed E-state index contributed by atoms with van der Waals surface area (Å²) in [6, 6.07) is 5.85. The number of aromatic nitrogens is 4. The van der Waals surface area contributed by atoms with Gasteiger partial charge in [0.1, 0.15) is 0 Å². The van der Waals surface area contributed by atoms with E-state index in [1.165, 1.54) is 6.20 Å². The van der Waals surface area contributed by atoms with E-state index in [1.807, 2.05) is 29.8 Å². The summed E-state index contributed by atoms with van der Waals surface area (Å²) in [6.45, 7) is 0. The third-order valence-corrected chi connectivity index (χ3v) is 3.99. The molecule has 1 aromatic carbocycles. The highest BCUT2D eigenvalue weighted by Gasteiger charge is 2.30. The summed E-state index contributed by atoms with van der Waals surface area (Å²) in [7, 11) is 1.93. The number of para-hydroxylation sites is 1. The van der Waals surface area contributed by atoms with Gasteiger partial charge in [-0.2, -0.15) is 0 Å². The summed E-state index contributed by atoms with van der Waals surface area (Å²) in [4.78, 5) is 24.4. The number of nitrogens with zero attached hydrogens (tertiary/aromatic N) is 4. The molecule has 0 bridgehead atoms. The smallest absolute Gasteiger partial charge is 0.356 e. The zero-order valence-corrected chi connectivity index (χ0v) is 12.0. The quantitative estimate of drug-likeness (QED) is 0.803. The molecule has 0 radical (unpaired) electrons. The minimum atomic E-state index is -1.07. The second kappa shape index (κ2) is 4.62. The summed E-state index contributed by atoms with van der Waals surface area (Å²) in [5.74, 6) is -0.686. The predicted molar refractivity (Wildman–Crippen MR) is 80.7 cm³/mol. The Kier molecular flexibility index (Phi) is 2.72. The molecule has 110 valence electrons. The topological polar surface area (TPSA) is 80.9 Å². The Balaban J connectivity index is 2.00. The van der Waals surface area contributed by atoms with Crippen LogP contribution in [-0.4, -0.2) is 30.6 Å². The van der Waals surface area contributed by atoms with E-state index in [1.54, 1.807) is 6.33 Å². The van der Waals surface area contributed by atoms with Gasteiger partial charge in [-0.25, -0.2) is 14.8 Å². The Bertz CT molecular complexity index is 896. The molecule has 1 aliphatic rings. The molecule has 0 atom stereocenters. The Morgan fingerprint density at radius 1 is 1.32 bits per heavy atom. The third-order valence-electron chi connectivity index (χ3n) is 3.99. The van der Waals surface area contributed by atoms with E-state index in [2.05, 4.69) is 15.0 Å². The van der Waals surface area contributed by atoms with E-state index in [4.69, 9.17) is 0 Å². The second-order valence-corrected chi connectivity index (χ2v) is 5.60. The third kappa shape index (κ3) is 1.95. The highest BCUT2D eigenvalue weighted by atomic mass is 16.4. The van der Waals surface area contributed by atoms with Crippen molar-refractivity contribution in [3.8, 4) is 11.3 Å². The number of hydrogen-bond donors (Lipinski definition) is 1. The molecule has 1 aliphatic carbocycles. The molecule has 1 N–H and O–H groups in total. The standard InChI is InChI=1S/C16H14N4O2/c1-20-8-18-14-10(3-2-4-12(14)20)15-13(9-5-6-9)17-7-11(19-15)16(21)22/h2-4,7-9H,5-6H2,1H3,(H,21,22). The van der Waals surface area contributed by atoms with E-state index in [0.29, 0.717) is 11.6 Å². The molecule has 0 amide bonds. The lowest BCUT2D eigenvalue weighted by Crippen LogP contribution is -2.06. The summed E-state index contributed by atoms with van der Waals surface area (Å²) >= 11 is 0. The average molecular weight is 294 g/mol. The minimum Gasteiger partial charge on any atom is -0.476 e. The van der Waals surface area contributed by atoms with Crippen molar-refractivity contribution in [2.75, 3.05) is 0 Å². The first-order chi connectivity index (χ1) is 10.6. The molecule has 0 unspecified atom stereocenters. The molecular formula is C16H14N4O2. The van der Waals surface area contributed by atoms with Gasteiger partial charge < -0.3 is 9.67 Å². The number of aromatic carboxylic acids is 1. The second-order valence-electron chi connectivity index (χ2n) is 5.60. The van der Waals surface area contributed by atoms with Gasteiger partial charge in [0.25, 0.3) is 0 Å². The molecule has 2 aromatic heterocycles. The van der Waals surface area contributed by atoms with Crippen LogP contribution in [0, 0.1) is 0 Å². The van der Waals surface area contributed by atoms with Crippen molar-refractivity contribution in [1.82, 2.24) is 19.5 Å². The largest absolute Gasteiger partial charge is 0.476 e. The molecule has 2 heterocycles. The number of carboxylic acids is 1. The molecule has 22 heavy (non-hydrogen) atoms. The summed E-state index contributed by atoms with van der Waals surface area (Å²) in [6.07, 6.45) is 5.25. The highest BCUT2D eigenvalue weighted by molar-refractivity contribution is 5.93. The van der Waals surface area contributed by atoms with Crippen LogP contribution >= 0.6 is 0 Å². The number of imidazole rings is 1. The van der Waals surface area contributed by atoms with Crippen molar-refractivity contribution >= 4 is 17.0 Å². The first kappa shape index (κ1) is 12.9.